The lowest BCUT2D eigenvalue weighted by Gasteiger charge is -2.16. The number of cyclic esters (lactones) is 1. The fraction of sp³-hybridized carbons (Fsp3) is 0.190. The molecule has 1 saturated heterocycles. The van der Waals surface area contributed by atoms with Gasteiger partial charge in [-0.2, -0.15) is 0 Å². The lowest BCUT2D eigenvalue weighted by atomic mass is 10.1. The molecule has 2 aromatic carbocycles. The number of carbonyl (C=O) groups is 1. The van der Waals surface area contributed by atoms with Crippen LogP contribution in [0.5, 0.6) is 11.6 Å². The Morgan fingerprint density at radius 3 is 2.75 bits per heavy atom. The van der Waals surface area contributed by atoms with Crippen LogP contribution in [0.25, 0.3) is 0 Å². The van der Waals surface area contributed by atoms with E-state index in [9.17, 15) is 4.79 Å². The summed E-state index contributed by atoms with van der Waals surface area (Å²) in [5.74, 6) is 1.16. The average Bonchev–Trinajstić information content (AvgIpc) is 3.15. The number of amides is 1. The Bertz CT molecular complexity index is 961. The SMILES string of the molecule is Cc1ccc(N2CCOC2=O)cc1NCc1ccc(Oc2cnccn2)cc1. The molecule has 4 rings (SSSR count). The summed E-state index contributed by atoms with van der Waals surface area (Å²) < 4.78 is 10.7. The highest BCUT2D eigenvalue weighted by Gasteiger charge is 2.23. The summed E-state index contributed by atoms with van der Waals surface area (Å²) in [5.41, 5.74) is 4.04. The molecule has 0 spiro atoms. The van der Waals surface area contributed by atoms with Crippen LogP contribution in [0.1, 0.15) is 11.1 Å². The summed E-state index contributed by atoms with van der Waals surface area (Å²) in [4.78, 5) is 21.5. The van der Waals surface area contributed by atoms with Crippen LogP contribution in [0.4, 0.5) is 16.2 Å². The molecule has 1 aromatic heterocycles. The van der Waals surface area contributed by atoms with Crippen molar-refractivity contribution < 1.29 is 14.3 Å². The second-order valence-electron chi connectivity index (χ2n) is 6.41. The van der Waals surface area contributed by atoms with Crippen LogP contribution in [-0.4, -0.2) is 29.2 Å². The van der Waals surface area contributed by atoms with Gasteiger partial charge in [0.25, 0.3) is 0 Å². The number of carbonyl (C=O) groups excluding carboxylic acids is 1. The average molecular weight is 376 g/mol. The first-order chi connectivity index (χ1) is 13.7. The molecule has 7 nitrogen and oxygen atoms in total. The maximum Gasteiger partial charge on any atom is 0.414 e. The number of aromatic nitrogens is 2. The minimum Gasteiger partial charge on any atom is -0.447 e. The summed E-state index contributed by atoms with van der Waals surface area (Å²) in [6, 6.07) is 13.7. The van der Waals surface area contributed by atoms with E-state index >= 15 is 0 Å². The third kappa shape index (κ3) is 4.03. The zero-order valence-electron chi connectivity index (χ0n) is 15.5. The minimum atomic E-state index is -0.298. The van der Waals surface area contributed by atoms with Crippen molar-refractivity contribution in [3.05, 3.63) is 72.2 Å². The van der Waals surface area contributed by atoms with E-state index in [4.69, 9.17) is 9.47 Å². The summed E-state index contributed by atoms with van der Waals surface area (Å²) in [5, 5.41) is 3.44. The number of rotatable bonds is 6. The van der Waals surface area contributed by atoms with Gasteiger partial charge in [0.1, 0.15) is 12.4 Å². The van der Waals surface area contributed by atoms with Crippen molar-refractivity contribution >= 4 is 17.5 Å². The number of anilines is 2. The number of nitrogens with one attached hydrogen (secondary N) is 1. The van der Waals surface area contributed by atoms with Gasteiger partial charge >= 0.3 is 6.09 Å². The highest BCUT2D eigenvalue weighted by molar-refractivity contribution is 5.90. The van der Waals surface area contributed by atoms with Crippen molar-refractivity contribution in [2.24, 2.45) is 0 Å². The first kappa shape index (κ1) is 17.8. The second-order valence-corrected chi connectivity index (χ2v) is 6.41. The smallest absolute Gasteiger partial charge is 0.414 e. The second kappa shape index (κ2) is 7.96. The molecule has 1 aliphatic heterocycles. The van der Waals surface area contributed by atoms with Crippen LogP contribution in [0.2, 0.25) is 0 Å². The van der Waals surface area contributed by atoms with Crippen molar-refractivity contribution in [3.63, 3.8) is 0 Å². The fourth-order valence-electron chi connectivity index (χ4n) is 2.93. The van der Waals surface area contributed by atoms with Gasteiger partial charge < -0.3 is 14.8 Å². The Morgan fingerprint density at radius 1 is 1.18 bits per heavy atom. The van der Waals surface area contributed by atoms with Crippen molar-refractivity contribution in [3.8, 4) is 11.6 Å². The summed E-state index contributed by atoms with van der Waals surface area (Å²) in [6.45, 7) is 3.69. The summed E-state index contributed by atoms with van der Waals surface area (Å²) >= 11 is 0. The largest absolute Gasteiger partial charge is 0.447 e. The van der Waals surface area contributed by atoms with Crippen LogP contribution in [0.15, 0.2) is 61.1 Å². The molecule has 142 valence electrons. The topological polar surface area (TPSA) is 76.6 Å². The molecule has 0 atom stereocenters. The first-order valence-electron chi connectivity index (χ1n) is 9.01. The zero-order valence-corrected chi connectivity index (χ0v) is 15.5. The van der Waals surface area contributed by atoms with Gasteiger partial charge in [0.15, 0.2) is 0 Å². The quantitative estimate of drug-likeness (QED) is 0.697. The Hall–Kier alpha value is -3.61. The molecule has 1 aliphatic rings. The standard InChI is InChI=1S/C21H20N4O3/c1-15-2-5-17(25-10-11-27-21(25)26)12-19(15)24-13-16-3-6-18(7-4-16)28-20-14-22-8-9-23-20/h2-9,12,14,24H,10-11,13H2,1H3. The van der Waals surface area contributed by atoms with Crippen molar-refractivity contribution in [2.75, 3.05) is 23.4 Å². The van der Waals surface area contributed by atoms with Crippen LogP contribution in [-0.2, 0) is 11.3 Å². The molecule has 7 heteroatoms. The lowest BCUT2D eigenvalue weighted by Crippen LogP contribution is -2.23. The van der Waals surface area contributed by atoms with E-state index in [0.717, 1.165) is 22.5 Å². The zero-order chi connectivity index (χ0) is 19.3. The Balaban J connectivity index is 1.41. The highest BCUT2D eigenvalue weighted by atomic mass is 16.6. The number of hydrogen-bond donors (Lipinski definition) is 1. The van der Waals surface area contributed by atoms with Gasteiger partial charge in [-0.3, -0.25) is 9.88 Å². The summed E-state index contributed by atoms with van der Waals surface area (Å²) in [7, 11) is 0. The van der Waals surface area contributed by atoms with Gasteiger partial charge in [-0.15, -0.1) is 0 Å². The Labute approximate surface area is 163 Å². The molecule has 1 N–H and O–H groups in total. The molecule has 2 heterocycles. The van der Waals surface area contributed by atoms with Crippen molar-refractivity contribution in [1.82, 2.24) is 9.97 Å². The van der Waals surface area contributed by atoms with Crippen LogP contribution in [0, 0.1) is 6.92 Å². The van der Waals surface area contributed by atoms with Gasteiger partial charge in [0, 0.05) is 30.3 Å². The molecule has 0 radical (unpaired) electrons. The van der Waals surface area contributed by atoms with Gasteiger partial charge in [-0.1, -0.05) is 18.2 Å². The molecule has 1 fully saturated rings. The maximum absolute atomic E-state index is 11.8. The molecule has 0 saturated carbocycles. The molecule has 0 bridgehead atoms. The van der Waals surface area contributed by atoms with E-state index < -0.39 is 0 Å². The molecule has 1 amide bonds. The van der Waals surface area contributed by atoms with Crippen molar-refractivity contribution in [2.45, 2.75) is 13.5 Å². The molecule has 0 unspecified atom stereocenters. The predicted octanol–water partition coefficient (Wildman–Crippen LogP) is 4.15. The molecular formula is C21H20N4O3. The number of ether oxygens (including phenoxy) is 2. The monoisotopic (exact) mass is 376 g/mol. The van der Waals surface area contributed by atoms with Crippen LogP contribution < -0.4 is 15.0 Å². The van der Waals surface area contributed by atoms with Crippen LogP contribution in [0.3, 0.4) is 0 Å². The third-order valence-corrected chi connectivity index (χ3v) is 4.46. The van der Waals surface area contributed by atoms with E-state index in [1.165, 1.54) is 0 Å². The Morgan fingerprint density at radius 2 is 2.04 bits per heavy atom. The Kier molecular flexibility index (Phi) is 5.05. The molecule has 28 heavy (non-hydrogen) atoms. The molecule has 3 aromatic rings. The predicted molar refractivity (Wildman–Crippen MR) is 106 cm³/mol. The van der Waals surface area contributed by atoms with Crippen LogP contribution >= 0.6 is 0 Å². The first-order valence-corrected chi connectivity index (χ1v) is 9.01. The molecule has 0 aliphatic carbocycles. The maximum atomic E-state index is 11.8. The van der Waals surface area contributed by atoms with E-state index in [0.29, 0.717) is 31.3 Å². The van der Waals surface area contributed by atoms with E-state index in [2.05, 4.69) is 15.3 Å². The third-order valence-electron chi connectivity index (χ3n) is 4.46. The van der Waals surface area contributed by atoms with E-state index in [1.807, 2.05) is 49.4 Å². The minimum absolute atomic E-state index is 0.298. The van der Waals surface area contributed by atoms with Gasteiger partial charge in [-0.25, -0.2) is 9.78 Å². The van der Waals surface area contributed by atoms with E-state index in [-0.39, 0.29) is 6.09 Å². The fourth-order valence-corrected chi connectivity index (χ4v) is 2.93. The molecular weight excluding hydrogens is 356 g/mol. The number of benzene rings is 2. The normalized spacial score (nSPS) is 13.3. The van der Waals surface area contributed by atoms with Gasteiger partial charge in [0.2, 0.25) is 5.88 Å². The van der Waals surface area contributed by atoms with E-state index in [1.54, 1.807) is 23.5 Å². The number of aryl methyl sites for hydroxylation is 1. The lowest BCUT2D eigenvalue weighted by molar-refractivity contribution is 0.181. The van der Waals surface area contributed by atoms with Gasteiger partial charge in [0.05, 0.1) is 12.7 Å². The number of hydrogen-bond acceptors (Lipinski definition) is 6. The summed E-state index contributed by atoms with van der Waals surface area (Å²) in [6.07, 6.45) is 4.46. The highest BCUT2D eigenvalue weighted by Crippen LogP contribution is 2.26. The van der Waals surface area contributed by atoms with Crippen molar-refractivity contribution in [1.29, 1.82) is 0 Å². The van der Waals surface area contributed by atoms with Gasteiger partial charge in [-0.05, 0) is 42.3 Å². The number of nitrogens with zero attached hydrogens (tertiary/aromatic N) is 3.